The monoisotopic (exact) mass is 346 g/mol. The van der Waals surface area contributed by atoms with Crippen molar-refractivity contribution < 1.29 is 4.79 Å². The van der Waals surface area contributed by atoms with E-state index in [4.69, 9.17) is 0 Å². The van der Waals surface area contributed by atoms with Crippen LogP contribution in [0.15, 0.2) is 72.9 Å². The predicted octanol–water partition coefficient (Wildman–Crippen LogP) is 3.26. The molecule has 3 aromatic rings. The molecule has 0 unspecified atom stereocenters. The predicted molar refractivity (Wildman–Crippen MR) is 102 cm³/mol. The Kier molecular flexibility index (Phi) is 5.93. The maximum atomic E-state index is 12.0. The van der Waals surface area contributed by atoms with E-state index in [0.717, 1.165) is 5.56 Å². The van der Waals surface area contributed by atoms with Crippen molar-refractivity contribution in [3.8, 4) is 0 Å². The van der Waals surface area contributed by atoms with Crippen LogP contribution >= 0.6 is 0 Å². The first-order valence-corrected chi connectivity index (χ1v) is 8.65. The zero-order chi connectivity index (χ0) is 18.2. The molecular weight excluding hydrogens is 324 g/mol. The molecule has 0 radical (unpaired) electrons. The van der Waals surface area contributed by atoms with Crippen LogP contribution in [0.3, 0.4) is 0 Å². The molecule has 1 atom stereocenters. The summed E-state index contributed by atoms with van der Waals surface area (Å²) in [6.07, 6.45) is 5.00. The van der Waals surface area contributed by atoms with Gasteiger partial charge in [-0.25, -0.2) is 4.68 Å². The SMILES string of the molecule is C[C@@H](CNC(=O)/C=C/c1cn(Cc2ccccc2)nn1)c1ccccc1. The number of nitrogens with zero attached hydrogens (tertiary/aromatic N) is 3. The van der Waals surface area contributed by atoms with Gasteiger partial charge in [-0.1, -0.05) is 72.8 Å². The minimum absolute atomic E-state index is 0.134. The Morgan fingerprint density at radius 3 is 2.54 bits per heavy atom. The molecule has 0 fully saturated rings. The van der Waals surface area contributed by atoms with E-state index in [2.05, 4.69) is 34.7 Å². The second-order valence-corrected chi connectivity index (χ2v) is 6.22. The van der Waals surface area contributed by atoms with Gasteiger partial charge in [0.1, 0.15) is 5.69 Å². The first-order valence-electron chi connectivity index (χ1n) is 8.65. The number of benzene rings is 2. The molecule has 0 aliphatic rings. The highest BCUT2D eigenvalue weighted by Gasteiger charge is 2.06. The minimum Gasteiger partial charge on any atom is -0.352 e. The molecule has 1 amide bonds. The summed E-state index contributed by atoms with van der Waals surface area (Å²) in [5.74, 6) is 0.130. The van der Waals surface area contributed by atoms with Crippen molar-refractivity contribution in [3.63, 3.8) is 0 Å². The summed E-state index contributed by atoms with van der Waals surface area (Å²) >= 11 is 0. The molecule has 0 spiro atoms. The normalized spacial score (nSPS) is 12.2. The van der Waals surface area contributed by atoms with Crippen LogP contribution < -0.4 is 5.32 Å². The molecule has 1 N–H and O–H groups in total. The Balaban J connectivity index is 1.49. The molecule has 2 aromatic carbocycles. The molecule has 5 heteroatoms. The highest BCUT2D eigenvalue weighted by Crippen LogP contribution is 2.12. The molecule has 0 saturated heterocycles. The van der Waals surface area contributed by atoms with Gasteiger partial charge in [-0.2, -0.15) is 0 Å². The summed E-state index contributed by atoms with van der Waals surface area (Å²) < 4.78 is 1.75. The van der Waals surface area contributed by atoms with Crippen LogP contribution in [-0.2, 0) is 11.3 Å². The fourth-order valence-corrected chi connectivity index (χ4v) is 2.61. The fourth-order valence-electron chi connectivity index (χ4n) is 2.61. The molecule has 26 heavy (non-hydrogen) atoms. The Hall–Kier alpha value is -3.21. The first-order chi connectivity index (χ1) is 12.7. The first kappa shape index (κ1) is 17.6. The number of carbonyl (C=O) groups is 1. The zero-order valence-corrected chi connectivity index (χ0v) is 14.7. The van der Waals surface area contributed by atoms with Gasteiger partial charge in [0.2, 0.25) is 5.91 Å². The van der Waals surface area contributed by atoms with Crippen molar-refractivity contribution >= 4 is 12.0 Å². The number of amides is 1. The molecular formula is C21H22N4O. The lowest BCUT2D eigenvalue weighted by Crippen LogP contribution is -2.25. The second kappa shape index (κ2) is 8.76. The zero-order valence-electron chi connectivity index (χ0n) is 14.7. The van der Waals surface area contributed by atoms with Crippen molar-refractivity contribution in [2.75, 3.05) is 6.54 Å². The van der Waals surface area contributed by atoms with Gasteiger partial charge in [0, 0.05) is 12.6 Å². The maximum absolute atomic E-state index is 12.0. The number of hydrogen-bond acceptors (Lipinski definition) is 3. The third-order valence-corrected chi connectivity index (χ3v) is 4.10. The van der Waals surface area contributed by atoms with Crippen LogP contribution in [0.4, 0.5) is 0 Å². The highest BCUT2D eigenvalue weighted by molar-refractivity contribution is 5.91. The van der Waals surface area contributed by atoms with Crippen molar-refractivity contribution in [1.82, 2.24) is 20.3 Å². The van der Waals surface area contributed by atoms with E-state index in [1.807, 2.05) is 54.7 Å². The van der Waals surface area contributed by atoms with E-state index in [0.29, 0.717) is 18.8 Å². The maximum Gasteiger partial charge on any atom is 0.244 e. The van der Waals surface area contributed by atoms with Crippen molar-refractivity contribution in [1.29, 1.82) is 0 Å². The Morgan fingerprint density at radius 1 is 1.12 bits per heavy atom. The lowest BCUT2D eigenvalue weighted by Gasteiger charge is -2.11. The van der Waals surface area contributed by atoms with E-state index in [9.17, 15) is 4.79 Å². The third kappa shape index (κ3) is 5.14. The number of aromatic nitrogens is 3. The average molecular weight is 346 g/mol. The summed E-state index contributed by atoms with van der Waals surface area (Å²) in [7, 11) is 0. The number of rotatable bonds is 7. The van der Waals surface area contributed by atoms with Crippen LogP contribution in [0.2, 0.25) is 0 Å². The summed E-state index contributed by atoms with van der Waals surface area (Å²) in [5.41, 5.74) is 3.02. The molecule has 0 aliphatic carbocycles. The van der Waals surface area contributed by atoms with Crippen molar-refractivity contribution in [2.45, 2.75) is 19.4 Å². The molecule has 1 aromatic heterocycles. The summed E-state index contributed by atoms with van der Waals surface area (Å²) in [4.78, 5) is 12.0. The number of carbonyl (C=O) groups excluding carboxylic acids is 1. The van der Waals surface area contributed by atoms with Gasteiger partial charge in [0.15, 0.2) is 0 Å². The summed E-state index contributed by atoms with van der Waals surface area (Å²) in [6, 6.07) is 20.2. The van der Waals surface area contributed by atoms with Gasteiger partial charge in [-0.15, -0.1) is 5.10 Å². The van der Waals surface area contributed by atoms with Crippen LogP contribution in [0.5, 0.6) is 0 Å². The fraction of sp³-hybridized carbons (Fsp3) is 0.190. The van der Waals surface area contributed by atoms with E-state index >= 15 is 0 Å². The Labute approximate surface area is 153 Å². The Morgan fingerprint density at radius 2 is 1.81 bits per heavy atom. The minimum atomic E-state index is -0.134. The largest absolute Gasteiger partial charge is 0.352 e. The standard InChI is InChI=1S/C21H22N4O/c1-17(19-10-6-3-7-11-19)14-22-21(26)13-12-20-16-25(24-23-20)15-18-8-4-2-5-9-18/h2-13,16-17H,14-15H2,1H3,(H,22,26)/b13-12+/t17-/m0/s1. The molecule has 0 aliphatic heterocycles. The molecule has 3 rings (SSSR count). The van der Waals surface area contributed by atoms with Gasteiger partial charge in [-0.05, 0) is 23.1 Å². The summed E-state index contributed by atoms with van der Waals surface area (Å²) in [5, 5.41) is 11.1. The van der Waals surface area contributed by atoms with E-state index < -0.39 is 0 Å². The van der Waals surface area contributed by atoms with Gasteiger partial charge in [-0.3, -0.25) is 4.79 Å². The topological polar surface area (TPSA) is 59.8 Å². The van der Waals surface area contributed by atoms with Crippen LogP contribution in [0.25, 0.3) is 6.08 Å². The number of nitrogens with one attached hydrogen (secondary N) is 1. The molecule has 132 valence electrons. The van der Waals surface area contributed by atoms with E-state index in [-0.39, 0.29) is 11.8 Å². The van der Waals surface area contributed by atoms with Crippen LogP contribution in [-0.4, -0.2) is 27.4 Å². The summed E-state index contributed by atoms with van der Waals surface area (Å²) in [6.45, 7) is 3.34. The number of hydrogen-bond donors (Lipinski definition) is 1. The molecule has 0 bridgehead atoms. The van der Waals surface area contributed by atoms with Crippen molar-refractivity contribution in [3.05, 3.63) is 89.8 Å². The molecule has 1 heterocycles. The van der Waals surface area contributed by atoms with Gasteiger partial charge in [0.25, 0.3) is 0 Å². The smallest absolute Gasteiger partial charge is 0.244 e. The lowest BCUT2D eigenvalue weighted by atomic mass is 10.0. The van der Waals surface area contributed by atoms with Gasteiger partial charge in [0.05, 0.1) is 12.7 Å². The van der Waals surface area contributed by atoms with Crippen molar-refractivity contribution in [2.24, 2.45) is 0 Å². The lowest BCUT2D eigenvalue weighted by molar-refractivity contribution is -0.116. The second-order valence-electron chi connectivity index (χ2n) is 6.22. The molecule has 5 nitrogen and oxygen atoms in total. The van der Waals surface area contributed by atoms with Gasteiger partial charge < -0.3 is 5.32 Å². The van der Waals surface area contributed by atoms with Crippen LogP contribution in [0.1, 0.15) is 29.7 Å². The molecule has 0 saturated carbocycles. The van der Waals surface area contributed by atoms with E-state index in [1.165, 1.54) is 11.6 Å². The average Bonchev–Trinajstić information content (AvgIpc) is 3.13. The van der Waals surface area contributed by atoms with Gasteiger partial charge >= 0.3 is 0 Å². The third-order valence-electron chi connectivity index (χ3n) is 4.10. The quantitative estimate of drug-likeness (QED) is 0.668. The van der Waals surface area contributed by atoms with Crippen LogP contribution in [0, 0.1) is 0 Å². The van der Waals surface area contributed by atoms with E-state index in [1.54, 1.807) is 10.8 Å². The Bertz CT molecular complexity index is 856. The highest BCUT2D eigenvalue weighted by atomic mass is 16.1.